The van der Waals surface area contributed by atoms with Gasteiger partial charge in [-0.1, -0.05) is 0 Å². The number of sulfonamides is 1. The summed E-state index contributed by atoms with van der Waals surface area (Å²) in [5, 5.41) is 13.5. The predicted molar refractivity (Wildman–Crippen MR) is 130 cm³/mol. The smallest absolute Gasteiger partial charge is 0.211 e. The van der Waals surface area contributed by atoms with Gasteiger partial charge >= 0.3 is 0 Å². The summed E-state index contributed by atoms with van der Waals surface area (Å²) >= 11 is 3.63. The molecule has 0 aromatic carbocycles. The number of anilines is 1. The number of piperidine rings is 1. The van der Waals surface area contributed by atoms with Crippen molar-refractivity contribution in [3.05, 3.63) is 22.5 Å². The van der Waals surface area contributed by atoms with Crippen molar-refractivity contribution in [2.75, 3.05) is 37.8 Å². The van der Waals surface area contributed by atoms with E-state index >= 15 is 0 Å². The number of aromatic nitrogens is 1. The lowest BCUT2D eigenvalue weighted by Gasteiger charge is -2.44. The Labute approximate surface area is 203 Å². The molecule has 0 atom stereocenters. The van der Waals surface area contributed by atoms with Crippen molar-refractivity contribution >= 4 is 42.7 Å². The largest absolute Gasteiger partial charge is 0.444 e. The summed E-state index contributed by atoms with van der Waals surface area (Å²) in [5.74, 6) is 1.09. The van der Waals surface area contributed by atoms with Gasteiger partial charge in [0.25, 0.3) is 0 Å². The molecule has 1 spiro atoms. The number of rotatable bonds is 4. The lowest BCUT2D eigenvalue weighted by atomic mass is 9.77. The summed E-state index contributed by atoms with van der Waals surface area (Å²) in [6.45, 7) is 3.54. The maximum atomic E-state index is 11.9. The Kier molecular flexibility index (Phi) is 6.18. The summed E-state index contributed by atoms with van der Waals surface area (Å²) < 4.78 is 31.8. The highest BCUT2D eigenvalue weighted by Crippen LogP contribution is 2.42. The summed E-state index contributed by atoms with van der Waals surface area (Å²) in [6, 6.07) is 4.76. The SMILES string of the molecule is CS(=O)(=O)N1CCC2(CCN(C3CCC(Nc4ncc5oc(C#N)cc5c4Br)CC3)CC2)C1. The van der Waals surface area contributed by atoms with Gasteiger partial charge in [-0.25, -0.2) is 17.7 Å². The van der Waals surface area contributed by atoms with E-state index in [0.717, 1.165) is 73.7 Å². The second-order valence-corrected chi connectivity index (χ2v) is 12.7. The fourth-order valence-corrected chi connectivity index (χ4v) is 7.32. The van der Waals surface area contributed by atoms with Crippen LogP contribution in [0.5, 0.6) is 0 Å². The maximum absolute atomic E-state index is 11.9. The number of fused-ring (bicyclic) bond motifs is 1. The Hall–Kier alpha value is -1.67. The number of nitrogens with one attached hydrogen (secondary N) is 1. The predicted octanol–water partition coefficient (Wildman–Crippen LogP) is 3.93. The molecule has 2 aromatic heterocycles. The van der Waals surface area contributed by atoms with Crippen LogP contribution in [-0.2, 0) is 10.0 Å². The molecule has 1 saturated carbocycles. The van der Waals surface area contributed by atoms with Gasteiger partial charge in [-0.3, -0.25) is 0 Å². The molecule has 1 aliphatic carbocycles. The first-order chi connectivity index (χ1) is 15.8. The van der Waals surface area contributed by atoms with Crippen molar-refractivity contribution in [3.63, 3.8) is 0 Å². The molecule has 3 fully saturated rings. The molecule has 33 heavy (non-hydrogen) atoms. The Morgan fingerprint density at radius 2 is 1.91 bits per heavy atom. The summed E-state index contributed by atoms with van der Waals surface area (Å²) in [4.78, 5) is 7.14. The monoisotopic (exact) mass is 535 g/mol. The van der Waals surface area contributed by atoms with E-state index in [1.54, 1.807) is 16.6 Å². The van der Waals surface area contributed by atoms with Crippen LogP contribution in [0.1, 0.15) is 50.7 Å². The van der Waals surface area contributed by atoms with Gasteiger partial charge in [-0.05, 0) is 79.4 Å². The summed E-state index contributed by atoms with van der Waals surface area (Å²) in [6.07, 6.45) is 10.7. The Morgan fingerprint density at radius 1 is 1.21 bits per heavy atom. The molecule has 8 nitrogen and oxygen atoms in total. The molecule has 10 heteroatoms. The number of furan rings is 1. The van der Waals surface area contributed by atoms with Crippen LogP contribution in [-0.4, -0.2) is 67.1 Å². The average molecular weight is 536 g/mol. The number of halogens is 1. The second-order valence-electron chi connectivity index (χ2n) is 9.95. The van der Waals surface area contributed by atoms with Gasteiger partial charge in [0.2, 0.25) is 15.8 Å². The maximum Gasteiger partial charge on any atom is 0.211 e. The first kappa shape index (κ1) is 23.1. The number of nitrogens with zero attached hydrogens (tertiary/aromatic N) is 4. The highest BCUT2D eigenvalue weighted by molar-refractivity contribution is 9.10. The lowest BCUT2D eigenvalue weighted by molar-refractivity contribution is 0.0641. The third-order valence-electron chi connectivity index (χ3n) is 7.91. The normalized spacial score (nSPS) is 26.6. The average Bonchev–Trinajstić information content (AvgIpc) is 3.42. The van der Waals surface area contributed by atoms with Crippen molar-refractivity contribution in [1.82, 2.24) is 14.2 Å². The highest BCUT2D eigenvalue weighted by Gasteiger charge is 2.44. The minimum absolute atomic E-state index is 0.188. The molecule has 5 rings (SSSR count). The molecule has 2 aromatic rings. The first-order valence-electron chi connectivity index (χ1n) is 11.7. The van der Waals surface area contributed by atoms with Crippen LogP contribution in [0, 0.1) is 16.7 Å². The van der Waals surface area contributed by atoms with Crippen molar-refractivity contribution < 1.29 is 12.8 Å². The number of pyridine rings is 1. The van der Waals surface area contributed by atoms with E-state index in [9.17, 15) is 8.42 Å². The molecule has 4 heterocycles. The van der Waals surface area contributed by atoms with E-state index in [1.165, 1.54) is 6.26 Å². The van der Waals surface area contributed by atoms with Crippen LogP contribution in [0.15, 0.2) is 21.2 Å². The third kappa shape index (κ3) is 4.65. The molecule has 2 aliphatic heterocycles. The summed E-state index contributed by atoms with van der Waals surface area (Å²) in [5.41, 5.74) is 0.797. The van der Waals surface area contributed by atoms with Crippen LogP contribution in [0.4, 0.5) is 5.82 Å². The van der Waals surface area contributed by atoms with Gasteiger partial charge in [0.15, 0.2) is 5.58 Å². The molecular weight excluding hydrogens is 506 g/mol. The lowest BCUT2D eigenvalue weighted by Crippen LogP contribution is -2.48. The van der Waals surface area contributed by atoms with Crippen molar-refractivity contribution in [2.24, 2.45) is 5.41 Å². The van der Waals surface area contributed by atoms with E-state index in [-0.39, 0.29) is 11.2 Å². The zero-order valence-corrected chi connectivity index (χ0v) is 21.3. The minimum atomic E-state index is -3.07. The number of hydrogen-bond donors (Lipinski definition) is 1. The zero-order chi connectivity index (χ0) is 23.2. The summed E-state index contributed by atoms with van der Waals surface area (Å²) in [7, 11) is -3.07. The van der Waals surface area contributed by atoms with Gasteiger partial charge in [0, 0.05) is 36.6 Å². The Bertz CT molecular complexity index is 1170. The zero-order valence-electron chi connectivity index (χ0n) is 18.9. The quantitative estimate of drug-likeness (QED) is 0.632. The molecule has 0 bridgehead atoms. The van der Waals surface area contributed by atoms with Crippen LogP contribution in [0.2, 0.25) is 0 Å². The van der Waals surface area contributed by atoms with Crippen LogP contribution in [0.25, 0.3) is 11.0 Å². The number of nitriles is 1. The highest BCUT2D eigenvalue weighted by atomic mass is 79.9. The molecule has 3 aliphatic rings. The fourth-order valence-electron chi connectivity index (χ4n) is 5.86. The topological polar surface area (TPSA) is 102 Å². The molecular formula is C23H30BrN5O3S. The van der Waals surface area contributed by atoms with E-state index in [1.807, 2.05) is 6.07 Å². The van der Waals surface area contributed by atoms with E-state index in [0.29, 0.717) is 30.8 Å². The number of likely N-dealkylation sites (tertiary alicyclic amines) is 1. The Balaban J connectivity index is 1.14. The van der Waals surface area contributed by atoms with E-state index in [4.69, 9.17) is 9.68 Å². The van der Waals surface area contributed by atoms with Crippen LogP contribution < -0.4 is 5.32 Å². The molecule has 0 unspecified atom stereocenters. The molecule has 0 amide bonds. The Morgan fingerprint density at radius 3 is 2.55 bits per heavy atom. The molecule has 2 saturated heterocycles. The molecule has 178 valence electrons. The van der Waals surface area contributed by atoms with Gasteiger partial charge in [0.1, 0.15) is 11.9 Å². The van der Waals surface area contributed by atoms with Gasteiger partial charge in [-0.15, -0.1) is 0 Å². The third-order valence-corrected chi connectivity index (χ3v) is 9.96. The van der Waals surface area contributed by atoms with Gasteiger partial charge < -0.3 is 14.6 Å². The second kappa shape index (κ2) is 8.84. The minimum Gasteiger partial charge on any atom is -0.444 e. The van der Waals surface area contributed by atoms with Gasteiger partial charge in [-0.2, -0.15) is 5.26 Å². The van der Waals surface area contributed by atoms with E-state index < -0.39 is 10.0 Å². The van der Waals surface area contributed by atoms with Crippen molar-refractivity contribution in [2.45, 2.75) is 57.0 Å². The fraction of sp³-hybridized carbons (Fsp3) is 0.652. The van der Waals surface area contributed by atoms with E-state index in [2.05, 4.69) is 31.1 Å². The van der Waals surface area contributed by atoms with Crippen molar-refractivity contribution in [3.8, 4) is 6.07 Å². The molecule has 1 N–H and O–H groups in total. The van der Waals surface area contributed by atoms with Crippen LogP contribution >= 0.6 is 15.9 Å². The first-order valence-corrected chi connectivity index (χ1v) is 14.3. The van der Waals surface area contributed by atoms with Gasteiger partial charge in [0.05, 0.1) is 16.9 Å². The number of hydrogen-bond acceptors (Lipinski definition) is 7. The molecule has 0 radical (unpaired) electrons. The standard InChI is InChI=1S/C23H30BrN5O3S/c1-33(30,31)29-11-8-23(15-29)6-9-28(10-7-23)17-4-2-16(3-5-17)27-22-21(24)19-12-18(13-25)32-20(19)14-26-22/h12,14,16-17H,2-11,15H2,1H3,(H,26,27). The van der Waals surface area contributed by atoms with Crippen molar-refractivity contribution in [1.29, 1.82) is 5.26 Å². The van der Waals surface area contributed by atoms with Crippen LogP contribution in [0.3, 0.4) is 0 Å².